The summed E-state index contributed by atoms with van der Waals surface area (Å²) < 4.78 is 5.02. The zero-order valence-electron chi connectivity index (χ0n) is 11.6. The molecule has 0 aliphatic carbocycles. The number of β-amino-alcohol motifs (C(OH)–C–C–N with tert-alkyl or cyclic N) is 1. The molecule has 0 saturated carbocycles. The molecule has 110 valence electrons. The SMILES string of the molecule is COc1cc(C(=O)N2CCN(CCO)CC2)ccc1O. The van der Waals surface area contributed by atoms with E-state index < -0.39 is 0 Å². The van der Waals surface area contributed by atoms with Crippen LogP contribution in [0.1, 0.15) is 10.4 Å². The van der Waals surface area contributed by atoms with E-state index in [0.29, 0.717) is 30.9 Å². The summed E-state index contributed by atoms with van der Waals surface area (Å²) in [5.74, 6) is 0.263. The number of hydrogen-bond donors (Lipinski definition) is 2. The number of methoxy groups -OCH3 is 1. The van der Waals surface area contributed by atoms with Crippen LogP contribution in [0, 0.1) is 0 Å². The molecule has 6 nitrogen and oxygen atoms in total. The van der Waals surface area contributed by atoms with Crippen LogP contribution >= 0.6 is 0 Å². The Morgan fingerprint density at radius 2 is 2.00 bits per heavy atom. The first kappa shape index (κ1) is 14.6. The van der Waals surface area contributed by atoms with Crippen molar-refractivity contribution in [2.45, 2.75) is 0 Å². The van der Waals surface area contributed by atoms with Gasteiger partial charge in [-0.3, -0.25) is 9.69 Å². The number of phenolic OH excluding ortho intramolecular Hbond substituents is 1. The molecule has 0 bridgehead atoms. The molecular weight excluding hydrogens is 260 g/mol. The molecule has 1 saturated heterocycles. The molecule has 20 heavy (non-hydrogen) atoms. The fourth-order valence-corrected chi connectivity index (χ4v) is 2.31. The lowest BCUT2D eigenvalue weighted by Gasteiger charge is -2.34. The van der Waals surface area contributed by atoms with Crippen molar-refractivity contribution in [2.75, 3.05) is 46.4 Å². The summed E-state index contributed by atoms with van der Waals surface area (Å²) >= 11 is 0. The number of piperazine rings is 1. The van der Waals surface area contributed by atoms with Gasteiger partial charge in [-0.1, -0.05) is 0 Å². The van der Waals surface area contributed by atoms with Gasteiger partial charge in [0.2, 0.25) is 0 Å². The number of benzene rings is 1. The Labute approximate surface area is 118 Å². The fourth-order valence-electron chi connectivity index (χ4n) is 2.31. The third kappa shape index (κ3) is 3.20. The van der Waals surface area contributed by atoms with Crippen LogP contribution in [-0.2, 0) is 0 Å². The molecule has 1 aliphatic heterocycles. The average molecular weight is 280 g/mol. The van der Waals surface area contributed by atoms with Crippen LogP contribution in [0.15, 0.2) is 18.2 Å². The molecule has 0 spiro atoms. The predicted molar refractivity (Wildman–Crippen MR) is 74.1 cm³/mol. The van der Waals surface area contributed by atoms with Crippen molar-refractivity contribution in [3.63, 3.8) is 0 Å². The molecule has 1 aliphatic rings. The van der Waals surface area contributed by atoms with Gasteiger partial charge in [-0.25, -0.2) is 0 Å². The summed E-state index contributed by atoms with van der Waals surface area (Å²) in [7, 11) is 1.46. The Morgan fingerprint density at radius 3 is 2.60 bits per heavy atom. The topological polar surface area (TPSA) is 73.2 Å². The Kier molecular flexibility index (Phi) is 4.81. The maximum Gasteiger partial charge on any atom is 0.254 e. The van der Waals surface area contributed by atoms with E-state index in [1.54, 1.807) is 17.0 Å². The highest BCUT2D eigenvalue weighted by Crippen LogP contribution is 2.26. The minimum Gasteiger partial charge on any atom is -0.504 e. The number of aromatic hydroxyl groups is 1. The van der Waals surface area contributed by atoms with Crippen molar-refractivity contribution in [2.24, 2.45) is 0 Å². The van der Waals surface area contributed by atoms with Gasteiger partial charge in [0.1, 0.15) is 0 Å². The van der Waals surface area contributed by atoms with Gasteiger partial charge in [-0.2, -0.15) is 0 Å². The zero-order chi connectivity index (χ0) is 14.5. The molecule has 1 aromatic carbocycles. The van der Waals surface area contributed by atoms with Crippen LogP contribution in [0.4, 0.5) is 0 Å². The van der Waals surface area contributed by atoms with Crippen LogP contribution in [-0.4, -0.2) is 72.4 Å². The number of carbonyl (C=O) groups is 1. The van der Waals surface area contributed by atoms with Crippen LogP contribution < -0.4 is 4.74 Å². The maximum atomic E-state index is 12.4. The van der Waals surface area contributed by atoms with E-state index >= 15 is 0 Å². The molecule has 2 rings (SSSR count). The van der Waals surface area contributed by atoms with Gasteiger partial charge >= 0.3 is 0 Å². The highest BCUT2D eigenvalue weighted by molar-refractivity contribution is 5.95. The maximum absolute atomic E-state index is 12.4. The highest BCUT2D eigenvalue weighted by atomic mass is 16.5. The Bertz CT molecular complexity index is 470. The lowest BCUT2D eigenvalue weighted by molar-refractivity contribution is 0.0614. The Morgan fingerprint density at radius 1 is 1.30 bits per heavy atom. The highest BCUT2D eigenvalue weighted by Gasteiger charge is 2.22. The van der Waals surface area contributed by atoms with Crippen LogP contribution in [0.5, 0.6) is 11.5 Å². The number of rotatable bonds is 4. The van der Waals surface area contributed by atoms with Gasteiger partial charge in [0.25, 0.3) is 5.91 Å². The number of hydrogen-bond acceptors (Lipinski definition) is 5. The second-order valence-electron chi connectivity index (χ2n) is 4.74. The number of carbonyl (C=O) groups excluding carboxylic acids is 1. The molecular formula is C14H20N2O4. The fraction of sp³-hybridized carbons (Fsp3) is 0.500. The van der Waals surface area contributed by atoms with Gasteiger partial charge in [-0.05, 0) is 18.2 Å². The van der Waals surface area contributed by atoms with Crippen molar-refractivity contribution in [1.82, 2.24) is 9.80 Å². The second-order valence-corrected chi connectivity index (χ2v) is 4.74. The third-order valence-electron chi connectivity index (χ3n) is 3.50. The normalized spacial score (nSPS) is 16.2. The standard InChI is InChI=1S/C14H20N2O4/c1-20-13-10-11(2-3-12(13)18)14(19)16-6-4-15(5-7-16)8-9-17/h2-3,10,17-18H,4-9H2,1H3. The summed E-state index contributed by atoms with van der Waals surface area (Å²) in [6.45, 7) is 3.60. The van der Waals surface area contributed by atoms with E-state index in [-0.39, 0.29) is 18.3 Å². The monoisotopic (exact) mass is 280 g/mol. The first-order valence-corrected chi connectivity index (χ1v) is 6.65. The van der Waals surface area contributed by atoms with Gasteiger partial charge in [0.15, 0.2) is 11.5 Å². The van der Waals surface area contributed by atoms with Crippen molar-refractivity contribution in [3.05, 3.63) is 23.8 Å². The van der Waals surface area contributed by atoms with Gasteiger partial charge in [-0.15, -0.1) is 0 Å². The second kappa shape index (κ2) is 6.58. The first-order valence-electron chi connectivity index (χ1n) is 6.65. The molecule has 6 heteroatoms. The largest absolute Gasteiger partial charge is 0.504 e. The number of ether oxygens (including phenoxy) is 1. The Balaban J connectivity index is 2.02. The quantitative estimate of drug-likeness (QED) is 0.821. The van der Waals surface area contributed by atoms with Crippen LogP contribution in [0.3, 0.4) is 0 Å². The summed E-state index contributed by atoms with van der Waals surface area (Å²) in [5.41, 5.74) is 0.509. The van der Waals surface area contributed by atoms with E-state index in [9.17, 15) is 9.90 Å². The molecule has 1 fully saturated rings. The smallest absolute Gasteiger partial charge is 0.254 e. The van der Waals surface area contributed by atoms with Crippen LogP contribution in [0.2, 0.25) is 0 Å². The van der Waals surface area contributed by atoms with Crippen LogP contribution in [0.25, 0.3) is 0 Å². The summed E-state index contributed by atoms with van der Waals surface area (Å²) in [6.07, 6.45) is 0. The number of amides is 1. The van der Waals surface area contributed by atoms with E-state index in [4.69, 9.17) is 9.84 Å². The van der Waals surface area contributed by atoms with Gasteiger partial charge in [0.05, 0.1) is 13.7 Å². The van der Waals surface area contributed by atoms with E-state index in [2.05, 4.69) is 4.90 Å². The molecule has 0 radical (unpaired) electrons. The number of phenols is 1. The average Bonchev–Trinajstić information content (AvgIpc) is 2.48. The van der Waals surface area contributed by atoms with E-state index in [0.717, 1.165) is 13.1 Å². The van der Waals surface area contributed by atoms with Crippen molar-refractivity contribution < 1.29 is 19.7 Å². The summed E-state index contributed by atoms with van der Waals surface area (Å²) in [5, 5.41) is 18.4. The Hall–Kier alpha value is -1.79. The summed E-state index contributed by atoms with van der Waals surface area (Å²) in [6, 6.07) is 4.62. The van der Waals surface area contributed by atoms with Gasteiger partial charge in [0, 0.05) is 38.3 Å². The lowest BCUT2D eigenvalue weighted by Crippen LogP contribution is -2.49. The lowest BCUT2D eigenvalue weighted by atomic mass is 10.1. The van der Waals surface area contributed by atoms with E-state index in [1.807, 2.05) is 0 Å². The molecule has 0 atom stereocenters. The van der Waals surface area contributed by atoms with Gasteiger partial charge < -0.3 is 19.8 Å². The molecule has 1 aromatic rings. The van der Waals surface area contributed by atoms with E-state index in [1.165, 1.54) is 13.2 Å². The zero-order valence-corrected chi connectivity index (χ0v) is 11.6. The first-order chi connectivity index (χ1) is 9.65. The summed E-state index contributed by atoms with van der Waals surface area (Å²) in [4.78, 5) is 16.3. The van der Waals surface area contributed by atoms with Crippen molar-refractivity contribution >= 4 is 5.91 Å². The molecule has 0 aromatic heterocycles. The number of nitrogens with zero attached hydrogens (tertiary/aromatic N) is 2. The van der Waals surface area contributed by atoms with Crippen molar-refractivity contribution in [3.8, 4) is 11.5 Å². The molecule has 0 unspecified atom stereocenters. The number of aliphatic hydroxyl groups excluding tert-OH is 1. The molecule has 1 heterocycles. The third-order valence-corrected chi connectivity index (χ3v) is 3.50. The predicted octanol–water partition coefficient (Wildman–Crippen LogP) is 0.151. The minimum atomic E-state index is -0.0630. The number of aliphatic hydroxyl groups is 1. The van der Waals surface area contributed by atoms with Crippen molar-refractivity contribution in [1.29, 1.82) is 0 Å². The molecule has 1 amide bonds. The molecule has 2 N–H and O–H groups in total. The minimum absolute atomic E-state index is 0.0248.